The zero-order valence-corrected chi connectivity index (χ0v) is 15.3. The van der Waals surface area contributed by atoms with Gasteiger partial charge in [0.05, 0.1) is 28.6 Å². The van der Waals surface area contributed by atoms with Gasteiger partial charge in [-0.05, 0) is 42.0 Å². The van der Waals surface area contributed by atoms with E-state index in [0.717, 1.165) is 11.0 Å². The average molecular weight is 388 g/mol. The lowest BCUT2D eigenvalue weighted by Crippen LogP contribution is -2.18. The second kappa shape index (κ2) is 7.65. The van der Waals surface area contributed by atoms with Gasteiger partial charge >= 0.3 is 0 Å². The van der Waals surface area contributed by atoms with Crippen molar-refractivity contribution in [1.29, 1.82) is 0 Å². The predicted molar refractivity (Wildman–Crippen MR) is 108 cm³/mol. The Morgan fingerprint density at radius 2 is 1.83 bits per heavy atom. The molecule has 0 unspecified atom stereocenters. The molecule has 7 heteroatoms. The molecule has 0 spiro atoms. The summed E-state index contributed by atoms with van der Waals surface area (Å²) < 4.78 is 14.1. The number of hydrogen-bond acceptors (Lipinski definition) is 4. The number of nitrogens with one attached hydrogen (secondary N) is 2. The number of halogens is 1. The molecule has 0 radical (unpaired) electrons. The first-order valence-corrected chi connectivity index (χ1v) is 8.93. The topological polar surface area (TPSA) is 101 Å². The molecular weight excluding hydrogens is 371 g/mol. The van der Waals surface area contributed by atoms with Gasteiger partial charge in [-0.2, -0.15) is 0 Å². The summed E-state index contributed by atoms with van der Waals surface area (Å²) in [7, 11) is 0. The molecule has 144 valence electrons. The molecule has 0 saturated heterocycles. The third kappa shape index (κ3) is 3.63. The third-order valence-corrected chi connectivity index (χ3v) is 4.61. The number of aromatic nitrogens is 2. The van der Waals surface area contributed by atoms with E-state index < -0.39 is 11.7 Å². The van der Waals surface area contributed by atoms with Gasteiger partial charge in [0.15, 0.2) is 5.78 Å². The number of imidazole rings is 1. The van der Waals surface area contributed by atoms with Crippen molar-refractivity contribution in [3.63, 3.8) is 0 Å². The van der Waals surface area contributed by atoms with Crippen LogP contribution >= 0.6 is 0 Å². The van der Waals surface area contributed by atoms with Gasteiger partial charge in [0.25, 0.3) is 5.91 Å². The van der Waals surface area contributed by atoms with Crippen molar-refractivity contribution in [1.82, 2.24) is 9.97 Å². The summed E-state index contributed by atoms with van der Waals surface area (Å²) in [6.07, 6.45) is 1.55. The van der Waals surface area contributed by atoms with Crippen LogP contribution in [0.5, 0.6) is 0 Å². The fraction of sp³-hybridized carbons (Fsp3) is 0.0455. The van der Waals surface area contributed by atoms with Gasteiger partial charge in [-0.15, -0.1) is 0 Å². The summed E-state index contributed by atoms with van der Waals surface area (Å²) in [5, 5.41) is 2.54. The number of hydrogen-bond donors (Lipinski definition) is 3. The van der Waals surface area contributed by atoms with Crippen LogP contribution in [0.2, 0.25) is 0 Å². The van der Waals surface area contributed by atoms with E-state index in [9.17, 15) is 14.0 Å². The summed E-state index contributed by atoms with van der Waals surface area (Å²) in [4.78, 5) is 33.0. The first-order valence-electron chi connectivity index (χ1n) is 8.93. The molecule has 4 rings (SSSR count). The molecule has 1 amide bonds. The van der Waals surface area contributed by atoms with Gasteiger partial charge in [-0.1, -0.05) is 24.3 Å². The number of H-pyrrole nitrogens is 1. The number of nitrogens with two attached hydrogens (primary N) is 1. The number of carbonyl (C=O) groups is 2. The molecule has 1 aromatic heterocycles. The lowest BCUT2D eigenvalue weighted by Gasteiger charge is -2.11. The van der Waals surface area contributed by atoms with Crippen LogP contribution in [0.25, 0.3) is 11.0 Å². The van der Waals surface area contributed by atoms with Crippen LogP contribution in [-0.2, 0) is 6.54 Å². The maximum atomic E-state index is 14.1. The molecule has 29 heavy (non-hydrogen) atoms. The lowest BCUT2D eigenvalue weighted by atomic mass is 9.97. The van der Waals surface area contributed by atoms with Gasteiger partial charge < -0.3 is 16.0 Å². The van der Waals surface area contributed by atoms with Crippen LogP contribution in [0.3, 0.4) is 0 Å². The van der Waals surface area contributed by atoms with E-state index in [-0.39, 0.29) is 29.1 Å². The molecule has 6 nitrogen and oxygen atoms in total. The first kappa shape index (κ1) is 18.5. The van der Waals surface area contributed by atoms with E-state index in [1.54, 1.807) is 48.8 Å². The minimum absolute atomic E-state index is 0.0130. The monoisotopic (exact) mass is 388 g/mol. The maximum absolute atomic E-state index is 14.1. The number of fused-ring (bicyclic) bond motifs is 1. The molecule has 0 aliphatic rings. The van der Waals surface area contributed by atoms with Crippen LogP contribution in [0.15, 0.2) is 67.0 Å². The molecule has 0 atom stereocenters. The average Bonchev–Trinajstić information content (AvgIpc) is 3.22. The summed E-state index contributed by atoms with van der Waals surface area (Å²) >= 11 is 0. The number of benzene rings is 3. The van der Waals surface area contributed by atoms with Crippen molar-refractivity contribution in [2.24, 2.45) is 5.73 Å². The van der Waals surface area contributed by atoms with Gasteiger partial charge in [0, 0.05) is 17.7 Å². The highest BCUT2D eigenvalue weighted by atomic mass is 19.1. The highest BCUT2D eigenvalue weighted by Gasteiger charge is 2.19. The van der Waals surface area contributed by atoms with Crippen LogP contribution in [-0.4, -0.2) is 21.7 Å². The highest BCUT2D eigenvalue weighted by Crippen LogP contribution is 2.21. The van der Waals surface area contributed by atoms with Gasteiger partial charge in [0.1, 0.15) is 5.82 Å². The van der Waals surface area contributed by atoms with Gasteiger partial charge in [0.2, 0.25) is 0 Å². The minimum atomic E-state index is -0.580. The standard InChI is InChI=1S/C22H17FN4O2/c23-17-7-5-13(11-24)9-19(17)27-22(29)16-4-2-1-3-15(16)21(28)14-6-8-18-20(10-14)26-12-25-18/h1-10,12H,11,24H2,(H,25,26)(H,27,29). The smallest absolute Gasteiger partial charge is 0.256 e. The number of aromatic amines is 1. The summed E-state index contributed by atoms with van der Waals surface area (Å²) in [5.74, 6) is -1.47. The molecule has 1 heterocycles. The predicted octanol–water partition coefficient (Wildman–Crippen LogP) is 3.64. The van der Waals surface area contributed by atoms with E-state index in [0.29, 0.717) is 11.1 Å². The number of anilines is 1. The molecule has 0 saturated carbocycles. The Morgan fingerprint density at radius 3 is 2.62 bits per heavy atom. The quantitative estimate of drug-likeness (QED) is 0.454. The van der Waals surface area contributed by atoms with E-state index in [1.807, 2.05) is 0 Å². The summed E-state index contributed by atoms with van der Waals surface area (Å²) in [5.41, 5.74) is 8.53. The molecule has 0 aliphatic carbocycles. The van der Waals surface area contributed by atoms with E-state index >= 15 is 0 Å². The maximum Gasteiger partial charge on any atom is 0.256 e. The van der Waals surface area contributed by atoms with E-state index in [4.69, 9.17) is 5.73 Å². The molecule has 4 aromatic rings. The highest BCUT2D eigenvalue weighted by molar-refractivity contribution is 6.18. The van der Waals surface area contributed by atoms with Crippen LogP contribution in [0.1, 0.15) is 31.8 Å². The Kier molecular flexibility index (Phi) is 4.88. The van der Waals surface area contributed by atoms with Crippen molar-refractivity contribution >= 4 is 28.4 Å². The van der Waals surface area contributed by atoms with Crippen molar-refractivity contribution in [2.45, 2.75) is 6.54 Å². The molecule has 4 N–H and O–H groups in total. The van der Waals surface area contributed by atoms with Crippen molar-refractivity contribution < 1.29 is 14.0 Å². The second-order valence-corrected chi connectivity index (χ2v) is 6.48. The molecule has 0 bridgehead atoms. The first-order chi connectivity index (χ1) is 14.1. The SMILES string of the molecule is NCc1ccc(F)c(NC(=O)c2ccccc2C(=O)c2ccc3nc[nH]c3c2)c1. The summed E-state index contributed by atoms with van der Waals surface area (Å²) in [6.45, 7) is 0.217. The minimum Gasteiger partial charge on any atom is -0.345 e. The second-order valence-electron chi connectivity index (χ2n) is 6.48. The normalized spacial score (nSPS) is 10.8. The zero-order chi connectivity index (χ0) is 20.4. The van der Waals surface area contributed by atoms with Gasteiger partial charge in [-0.3, -0.25) is 9.59 Å². The lowest BCUT2D eigenvalue weighted by molar-refractivity contribution is 0.0996. The molecule has 3 aromatic carbocycles. The van der Waals surface area contributed by atoms with Crippen molar-refractivity contribution in [3.8, 4) is 0 Å². The Bertz CT molecular complexity index is 1230. The largest absolute Gasteiger partial charge is 0.345 e. The van der Waals surface area contributed by atoms with Crippen LogP contribution < -0.4 is 11.1 Å². The number of rotatable bonds is 5. The number of carbonyl (C=O) groups excluding carboxylic acids is 2. The Balaban J connectivity index is 1.67. The van der Waals surface area contributed by atoms with E-state index in [1.165, 1.54) is 18.2 Å². The molecule has 0 fully saturated rings. The number of nitrogens with zero attached hydrogens (tertiary/aromatic N) is 1. The number of amides is 1. The fourth-order valence-corrected chi connectivity index (χ4v) is 3.10. The Hall–Kier alpha value is -3.84. The summed E-state index contributed by atoms with van der Waals surface area (Å²) in [6, 6.07) is 15.8. The van der Waals surface area contributed by atoms with Crippen molar-refractivity contribution in [2.75, 3.05) is 5.32 Å². The Labute approximate surface area is 165 Å². The number of ketones is 1. The van der Waals surface area contributed by atoms with E-state index in [2.05, 4.69) is 15.3 Å². The molecule has 0 aliphatic heterocycles. The fourth-order valence-electron chi connectivity index (χ4n) is 3.10. The van der Waals surface area contributed by atoms with Crippen molar-refractivity contribution in [3.05, 3.63) is 95.1 Å². The van der Waals surface area contributed by atoms with Crippen LogP contribution in [0.4, 0.5) is 10.1 Å². The zero-order valence-electron chi connectivity index (χ0n) is 15.3. The van der Waals surface area contributed by atoms with Crippen LogP contribution in [0, 0.1) is 5.82 Å². The third-order valence-electron chi connectivity index (χ3n) is 4.61. The Morgan fingerprint density at radius 1 is 1.03 bits per heavy atom. The molecular formula is C22H17FN4O2. The van der Waals surface area contributed by atoms with Gasteiger partial charge in [-0.25, -0.2) is 9.37 Å².